The summed E-state index contributed by atoms with van der Waals surface area (Å²) >= 11 is 1.44. The fraction of sp³-hybridized carbons (Fsp3) is 0.100. The number of hydrogen-bond acceptors (Lipinski definition) is 3. The van der Waals surface area contributed by atoms with Gasteiger partial charge in [-0.15, -0.1) is 0 Å². The van der Waals surface area contributed by atoms with Crippen LogP contribution in [0.1, 0.15) is 15.9 Å². The van der Waals surface area contributed by atoms with Crippen molar-refractivity contribution in [3.63, 3.8) is 0 Å². The summed E-state index contributed by atoms with van der Waals surface area (Å²) in [6.45, 7) is 0.204. The maximum absolute atomic E-state index is 13.8. The Kier molecular flexibility index (Phi) is 5.46. The van der Waals surface area contributed by atoms with Crippen LogP contribution in [0.15, 0.2) is 82.8 Å². The molecule has 126 valence electrons. The van der Waals surface area contributed by atoms with Crippen LogP contribution in [0, 0.1) is 5.82 Å². The van der Waals surface area contributed by atoms with Crippen molar-refractivity contribution in [3.8, 4) is 0 Å². The summed E-state index contributed by atoms with van der Waals surface area (Å²) < 4.78 is 13.8. The van der Waals surface area contributed by atoms with Gasteiger partial charge in [0.15, 0.2) is 0 Å². The molecule has 0 bridgehead atoms. The molecule has 0 N–H and O–H groups in total. The van der Waals surface area contributed by atoms with E-state index in [-0.39, 0.29) is 18.3 Å². The summed E-state index contributed by atoms with van der Waals surface area (Å²) in [6, 6.07) is 19.7. The standard InChI is InChI=1S/C20H17FN2OS/c1-23(14-15-8-5-6-12-18(15)21)20(24)17-11-7-13-22-19(17)25-16-9-3-2-4-10-16/h2-13H,14H2,1H3. The molecule has 0 saturated carbocycles. The third-order valence-corrected chi connectivity index (χ3v) is 4.70. The van der Waals surface area contributed by atoms with Gasteiger partial charge in [0.25, 0.3) is 5.91 Å². The highest BCUT2D eigenvalue weighted by molar-refractivity contribution is 7.99. The topological polar surface area (TPSA) is 33.2 Å². The van der Waals surface area contributed by atoms with Gasteiger partial charge in [0, 0.05) is 30.2 Å². The van der Waals surface area contributed by atoms with Gasteiger partial charge in [-0.1, -0.05) is 48.2 Å². The van der Waals surface area contributed by atoms with Crippen molar-refractivity contribution in [2.24, 2.45) is 0 Å². The first-order valence-corrected chi connectivity index (χ1v) is 8.63. The number of benzene rings is 2. The van der Waals surface area contributed by atoms with Crippen molar-refractivity contribution in [2.45, 2.75) is 16.5 Å². The van der Waals surface area contributed by atoms with Gasteiger partial charge < -0.3 is 4.90 Å². The predicted octanol–water partition coefficient (Wildman–Crippen LogP) is 4.64. The molecule has 0 fully saturated rings. The molecule has 0 radical (unpaired) electrons. The Hall–Kier alpha value is -2.66. The number of amides is 1. The van der Waals surface area contributed by atoms with E-state index in [1.165, 1.54) is 22.7 Å². The lowest BCUT2D eigenvalue weighted by molar-refractivity contribution is 0.0779. The second kappa shape index (κ2) is 7.94. The largest absolute Gasteiger partial charge is 0.337 e. The molecule has 0 aliphatic carbocycles. The lowest BCUT2D eigenvalue weighted by Gasteiger charge is -2.19. The van der Waals surface area contributed by atoms with Crippen molar-refractivity contribution in [3.05, 3.63) is 89.9 Å². The van der Waals surface area contributed by atoms with Crippen LogP contribution in [0.2, 0.25) is 0 Å². The molecule has 2 aromatic carbocycles. The fourth-order valence-electron chi connectivity index (χ4n) is 2.39. The van der Waals surface area contributed by atoms with Gasteiger partial charge in [-0.25, -0.2) is 9.37 Å². The summed E-state index contributed by atoms with van der Waals surface area (Å²) in [5, 5.41) is 0.638. The van der Waals surface area contributed by atoms with Crippen LogP contribution in [0.25, 0.3) is 0 Å². The number of aromatic nitrogens is 1. The average Bonchev–Trinajstić information content (AvgIpc) is 2.64. The maximum Gasteiger partial charge on any atom is 0.256 e. The van der Waals surface area contributed by atoms with Crippen molar-refractivity contribution in [2.75, 3.05) is 7.05 Å². The van der Waals surface area contributed by atoms with E-state index in [2.05, 4.69) is 4.98 Å². The van der Waals surface area contributed by atoms with Crippen LogP contribution in [0.4, 0.5) is 4.39 Å². The van der Waals surface area contributed by atoms with Crippen molar-refractivity contribution in [1.82, 2.24) is 9.88 Å². The Morgan fingerprint density at radius 3 is 2.52 bits per heavy atom. The molecule has 5 heteroatoms. The first kappa shape index (κ1) is 17.2. The van der Waals surface area contributed by atoms with E-state index in [0.29, 0.717) is 16.2 Å². The first-order chi connectivity index (χ1) is 12.1. The van der Waals surface area contributed by atoms with Gasteiger partial charge in [-0.3, -0.25) is 4.79 Å². The van der Waals surface area contributed by atoms with E-state index in [1.807, 2.05) is 30.3 Å². The highest BCUT2D eigenvalue weighted by Crippen LogP contribution is 2.29. The van der Waals surface area contributed by atoms with Gasteiger partial charge in [0.1, 0.15) is 10.8 Å². The second-order valence-corrected chi connectivity index (χ2v) is 6.59. The van der Waals surface area contributed by atoms with Crippen LogP contribution in [0.5, 0.6) is 0 Å². The summed E-state index contributed by atoms with van der Waals surface area (Å²) in [6.07, 6.45) is 1.67. The summed E-state index contributed by atoms with van der Waals surface area (Å²) in [5.74, 6) is -0.498. The zero-order valence-electron chi connectivity index (χ0n) is 13.7. The minimum absolute atomic E-state index is 0.185. The van der Waals surface area contributed by atoms with E-state index >= 15 is 0 Å². The molecule has 0 spiro atoms. The van der Waals surface area contributed by atoms with E-state index in [4.69, 9.17) is 0 Å². The number of carbonyl (C=O) groups is 1. The molecule has 1 heterocycles. The fourth-order valence-corrected chi connectivity index (χ4v) is 3.29. The molecule has 3 rings (SSSR count). The van der Waals surface area contributed by atoms with Crippen molar-refractivity contribution < 1.29 is 9.18 Å². The normalized spacial score (nSPS) is 10.5. The lowest BCUT2D eigenvalue weighted by Crippen LogP contribution is -2.27. The molecule has 1 aromatic heterocycles. The molecule has 0 aliphatic heterocycles. The molecule has 0 aliphatic rings. The van der Waals surface area contributed by atoms with Gasteiger partial charge in [0.2, 0.25) is 0 Å². The number of nitrogens with zero attached hydrogens (tertiary/aromatic N) is 2. The highest BCUT2D eigenvalue weighted by atomic mass is 32.2. The third-order valence-electron chi connectivity index (χ3n) is 3.67. The molecule has 25 heavy (non-hydrogen) atoms. The Morgan fingerprint density at radius 1 is 1.04 bits per heavy atom. The summed E-state index contributed by atoms with van der Waals surface area (Å²) in [4.78, 5) is 19.7. The number of halogens is 1. The minimum atomic E-state index is -0.313. The third kappa shape index (κ3) is 4.25. The molecule has 1 amide bonds. The second-order valence-electron chi connectivity index (χ2n) is 5.52. The molecule has 0 unspecified atom stereocenters. The van der Waals surface area contributed by atoms with Crippen LogP contribution in [0.3, 0.4) is 0 Å². The lowest BCUT2D eigenvalue weighted by atomic mass is 10.2. The Bertz CT molecular complexity index is 870. The summed E-state index contributed by atoms with van der Waals surface area (Å²) in [7, 11) is 1.67. The Labute approximate surface area is 150 Å². The van der Waals surface area contributed by atoms with E-state index in [0.717, 1.165) is 4.90 Å². The van der Waals surface area contributed by atoms with Crippen LogP contribution in [-0.4, -0.2) is 22.8 Å². The Balaban J connectivity index is 1.81. The number of pyridine rings is 1. The molecular weight excluding hydrogens is 335 g/mol. The molecule has 0 atom stereocenters. The average molecular weight is 352 g/mol. The number of carbonyl (C=O) groups excluding carboxylic acids is 1. The smallest absolute Gasteiger partial charge is 0.256 e. The highest BCUT2D eigenvalue weighted by Gasteiger charge is 2.18. The molecule has 3 nitrogen and oxygen atoms in total. The zero-order chi connectivity index (χ0) is 17.6. The monoisotopic (exact) mass is 352 g/mol. The SMILES string of the molecule is CN(Cc1ccccc1F)C(=O)c1cccnc1Sc1ccccc1. The minimum Gasteiger partial charge on any atom is -0.337 e. The number of hydrogen-bond donors (Lipinski definition) is 0. The maximum atomic E-state index is 13.8. The quantitative estimate of drug-likeness (QED) is 0.670. The van der Waals surface area contributed by atoms with Crippen molar-refractivity contribution in [1.29, 1.82) is 0 Å². The first-order valence-electron chi connectivity index (χ1n) is 7.82. The van der Waals surface area contributed by atoms with Crippen LogP contribution in [-0.2, 0) is 6.54 Å². The molecule has 3 aromatic rings. The van der Waals surface area contributed by atoms with E-state index in [9.17, 15) is 9.18 Å². The van der Waals surface area contributed by atoms with E-state index in [1.54, 1.807) is 43.6 Å². The van der Waals surface area contributed by atoms with Gasteiger partial charge in [0.05, 0.1) is 5.56 Å². The van der Waals surface area contributed by atoms with Gasteiger partial charge >= 0.3 is 0 Å². The van der Waals surface area contributed by atoms with E-state index < -0.39 is 0 Å². The van der Waals surface area contributed by atoms with Crippen LogP contribution < -0.4 is 0 Å². The zero-order valence-corrected chi connectivity index (χ0v) is 14.5. The van der Waals surface area contributed by atoms with Gasteiger partial charge in [-0.2, -0.15) is 0 Å². The predicted molar refractivity (Wildman–Crippen MR) is 97.0 cm³/mol. The van der Waals surface area contributed by atoms with Crippen molar-refractivity contribution >= 4 is 17.7 Å². The van der Waals surface area contributed by atoms with Gasteiger partial charge in [-0.05, 0) is 30.3 Å². The molecule has 0 saturated heterocycles. The Morgan fingerprint density at radius 2 is 1.76 bits per heavy atom. The van der Waals surface area contributed by atoms with Crippen LogP contribution >= 0.6 is 11.8 Å². The summed E-state index contributed by atoms with van der Waals surface area (Å²) in [5.41, 5.74) is 0.995. The number of rotatable bonds is 5. The molecular formula is C20H17FN2OS.